The number of carbonyl (C=O) groups is 1. The number of amides is 1. The van der Waals surface area contributed by atoms with Crippen LogP contribution in [0, 0.1) is 17.3 Å². The predicted molar refractivity (Wildman–Crippen MR) is 76.7 cm³/mol. The van der Waals surface area contributed by atoms with Crippen molar-refractivity contribution >= 4 is 5.91 Å². The summed E-state index contributed by atoms with van der Waals surface area (Å²) in [5.41, 5.74) is 0.415. The molecular formula is C16H29NO2. The van der Waals surface area contributed by atoms with Crippen molar-refractivity contribution in [1.29, 1.82) is 0 Å². The van der Waals surface area contributed by atoms with Gasteiger partial charge >= 0.3 is 0 Å². The van der Waals surface area contributed by atoms with Crippen LogP contribution in [0.1, 0.15) is 58.8 Å². The van der Waals surface area contributed by atoms with Gasteiger partial charge in [-0.2, -0.15) is 0 Å². The molecule has 1 aliphatic heterocycles. The zero-order valence-electron chi connectivity index (χ0n) is 12.5. The molecule has 1 amide bonds. The molecule has 2 aliphatic rings. The molecule has 3 heteroatoms. The topological polar surface area (TPSA) is 40.5 Å². The van der Waals surface area contributed by atoms with E-state index in [9.17, 15) is 9.90 Å². The summed E-state index contributed by atoms with van der Waals surface area (Å²) in [6.07, 6.45) is 7.81. The number of hydrogen-bond acceptors (Lipinski definition) is 2. The molecule has 0 aromatic heterocycles. The summed E-state index contributed by atoms with van der Waals surface area (Å²) < 4.78 is 0. The molecule has 0 spiro atoms. The van der Waals surface area contributed by atoms with E-state index in [0.29, 0.717) is 23.2 Å². The second-order valence-electron chi connectivity index (χ2n) is 7.36. The Morgan fingerprint density at radius 3 is 2.68 bits per heavy atom. The van der Waals surface area contributed by atoms with Crippen LogP contribution in [-0.2, 0) is 4.79 Å². The lowest BCUT2D eigenvalue weighted by Crippen LogP contribution is -2.42. The van der Waals surface area contributed by atoms with Gasteiger partial charge in [-0.25, -0.2) is 0 Å². The fourth-order valence-electron chi connectivity index (χ4n) is 3.85. The van der Waals surface area contributed by atoms with E-state index in [1.807, 2.05) is 4.90 Å². The van der Waals surface area contributed by atoms with Gasteiger partial charge in [0.1, 0.15) is 0 Å². The second kappa shape index (κ2) is 6.25. The highest BCUT2D eigenvalue weighted by atomic mass is 16.3. The molecule has 2 unspecified atom stereocenters. The van der Waals surface area contributed by atoms with Crippen molar-refractivity contribution in [3.8, 4) is 0 Å². The van der Waals surface area contributed by atoms with Gasteiger partial charge in [0, 0.05) is 26.1 Å². The number of aliphatic hydroxyl groups excluding tert-OH is 1. The third kappa shape index (κ3) is 4.20. The first kappa shape index (κ1) is 14.8. The SMILES string of the molecule is CC1(C)CCCC(CC(=O)N2CCCC(CO)C2)C1. The minimum absolute atomic E-state index is 0.222. The number of piperidine rings is 1. The van der Waals surface area contributed by atoms with Crippen LogP contribution in [0.3, 0.4) is 0 Å². The Kier molecular flexibility index (Phi) is 4.88. The number of nitrogens with zero attached hydrogens (tertiary/aromatic N) is 1. The molecule has 2 rings (SSSR count). The van der Waals surface area contributed by atoms with Crippen LogP contribution in [0.2, 0.25) is 0 Å². The van der Waals surface area contributed by atoms with E-state index in [0.717, 1.165) is 32.4 Å². The number of rotatable bonds is 3. The van der Waals surface area contributed by atoms with Crippen LogP contribution in [0.4, 0.5) is 0 Å². The van der Waals surface area contributed by atoms with Crippen molar-refractivity contribution < 1.29 is 9.90 Å². The lowest BCUT2D eigenvalue weighted by atomic mass is 9.71. The molecule has 3 nitrogen and oxygen atoms in total. The zero-order chi connectivity index (χ0) is 13.9. The van der Waals surface area contributed by atoms with Crippen molar-refractivity contribution in [2.45, 2.75) is 58.8 Å². The number of aliphatic hydroxyl groups is 1. The third-order valence-electron chi connectivity index (χ3n) is 4.90. The molecule has 0 bridgehead atoms. The van der Waals surface area contributed by atoms with E-state index in [1.54, 1.807) is 0 Å². The summed E-state index contributed by atoms with van der Waals surface area (Å²) in [6.45, 7) is 6.54. The minimum atomic E-state index is 0.222. The molecular weight excluding hydrogens is 238 g/mol. The highest BCUT2D eigenvalue weighted by Gasteiger charge is 2.31. The zero-order valence-corrected chi connectivity index (χ0v) is 12.5. The fraction of sp³-hybridized carbons (Fsp3) is 0.938. The van der Waals surface area contributed by atoms with Gasteiger partial charge in [-0.1, -0.05) is 20.3 Å². The van der Waals surface area contributed by atoms with Crippen molar-refractivity contribution in [2.24, 2.45) is 17.3 Å². The van der Waals surface area contributed by atoms with Crippen molar-refractivity contribution in [3.05, 3.63) is 0 Å². The van der Waals surface area contributed by atoms with Gasteiger partial charge in [0.25, 0.3) is 0 Å². The molecule has 1 saturated heterocycles. The maximum absolute atomic E-state index is 12.4. The van der Waals surface area contributed by atoms with Crippen molar-refractivity contribution in [1.82, 2.24) is 4.90 Å². The first-order chi connectivity index (χ1) is 9.00. The quantitative estimate of drug-likeness (QED) is 0.854. The van der Waals surface area contributed by atoms with Gasteiger partial charge in [-0.15, -0.1) is 0 Å². The van der Waals surface area contributed by atoms with Gasteiger partial charge in [-0.05, 0) is 49.4 Å². The maximum Gasteiger partial charge on any atom is 0.222 e. The second-order valence-corrected chi connectivity index (χ2v) is 7.36. The molecule has 1 heterocycles. The summed E-state index contributed by atoms with van der Waals surface area (Å²) >= 11 is 0. The van der Waals surface area contributed by atoms with Crippen LogP contribution in [0.15, 0.2) is 0 Å². The lowest BCUT2D eigenvalue weighted by Gasteiger charge is -2.37. The van der Waals surface area contributed by atoms with Crippen LogP contribution in [0.5, 0.6) is 0 Å². The Hall–Kier alpha value is -0.570. The largest absolute Gasteiger partial charge is 0.396 e. The third-order valence-corrected chi connectivity index (χ3v) is 4.90. The molecule has 2 atom stereocenters. The van der Waals surface area contributed by atoms with Gasteiger partial charge in [0.2, 0.25) is 5.91 Å². The molecule has 1 aliphatic carbocycles. The molecule has 2 fully saturated rings. The average Bonchev–Trinajstić information content (AvgIpc) is 2.37. The number of carbonyl (C=O) groups excluding carboxylic acids is 1. The summed E-state index contributed by atoms with van der Waals surface area (Å²) in [6, 6.07) is 0. The monoisotopic (exact) mass is 267 g/mol. The molecule has 1 saturated carbocycles. The van der Waals surface area contributed by atoms with E-state index in [1.165, 1.54) is 25.7 Å². The van der Waals surface area contributed by atoms with Gasteiger partial charge in [0.05, 0.1) is 0 Å². The van der Waals surface area contributed by atoms with Crippen molar-refractivity contribution in [3.63, 3.8) is 0 Å². The normalized spacial score (nSPS) is 31.2. The van der Waals surface area contributed by atoms with Gasteiger partial charge in [-0.3, -0.25) is 4.79 Å². The van der Waals surface area contributed by atoms with Crippen molar-refractivity contribution in [2.75, 3.05) is 19.7 Å². The van der Waals surface area contributed by atoms with E-state index < -0.39 is 0 Å². The van der Waals surface area contributed by atoms with Crippen LogP contribution >= 0.6 is 0 Å². The van der Waals surface area contributed by atoms with Crippen LogP contribution in [0.25, 0.3) is 0 Å². The Morgan fingerprint density at radius 1 is 1.26 bits per heavy atom. The standard InChI is InChI=1S/C16H29NO2/c1-16(2)7-3-5-13(10-16)9-15(19)17-8-4-6-14(11-17)12-18/h13-14,18H,3-12H2,1-2H3. The molecule has 0 aromatic carbocycles. The summed E-state index contributed by atoms with van der Waals surface area (Å²) in [4.78, 5) is 14.4. The fourth-order valence-corrected chi connectivity index (χ4v) is 3.85. The first-order valence-corrected chi connectivity index (χ1v) is 7.89. The van der Waals surface area contributed by atoms with Gasteiger partial charge in [0.15, 0.2) is 0 Å². The molecule has 110 valence electrons. The molecule has 0 radical (unpaired) electrons. The van der Waals surface area contributed by atoms with Gasteiger partial charge < -0.3 is 10.0 Å². The molecule has 0 aromatic rings. The Bertz CT molecular complexity index is 314. The number of likely N-dealkylation sites (tertiary alicyclic amines) is 1. The van der Waals surface area contributed by atoms with E-state index in [-0.39, 0.29) is 6.61 Å². The highest BCUT2D eigenvalue weighted by molar-refractivity contribution is 5.76. The first-order valence-electron chi connectivity index (χ1n) is 7.89. The van der Waals surface area contributed by atoms with Crippen LogP contribution in [-0.4, -0.2) is 35.6 Å². The summed E-state index contributed by atoms with van der Waals surface area (Å²) in [5.74, 6) is 1.20. The van der Waals surface area contributed by atoms with Crippen LogP contribution < -0.4 is 0 Å². The summed E-state index contributed by atoms with van der Waals surface area (Å²) in [7, 11) is 0. The lowest BCUT2D eigenvalue weighted by molar-refractivity contribution is -0.134. The maximum atomic E-state index is 12.4. The van der Waals surface area contributed by atoms with E-state index in [2.05, 4.69) is 13.8 Å². The Morgan fingerprint density at radius 2 is 2.00 bits per heavy atom. The average molecular weight is 267 g/mol. The smallest absolute Gasteiger partial charge is 0.222 e. The van der Waals surface area contributed by atoms with E-state index >= 15 is 0 Å². The molecule has 19 heavy (non-hydrogen) atoms. The predicted octanol–water partition coefficient (Wildman–Crippen LogP) is 2.82. The molecule has 1 N–H and O–H groups in total. The minimum Gasteiger partial charge on any atom is -0.396 e. The van der Waals surface area contributed by atoms with E-state index in [4.69, 9.17) is 0 Å². The number of hydrogen-bond donors (Lipinski definition) is 1. The highest BCUT2D eigenvalue weighted by Crippen LogP contribution is 2.40. The summed E-state index contributed by atoms with van der Waals surface area (Å²) in [5, 5.41) is 9.24. The Balaban J connectivity index is 1.83. The Labute approximate surface area is 117 Å².